The van der Waals surface area contributed by atoms with Crippen molar-refractivity contribution < 1.29 is 24.3 Å². The summed E-state index contributed by atoms with van der Waals surface area (Å²) in [4.78, 5) is 56.8. The average Bonchev–Trinajstić information content (AvgIpc) is 2.73. The molecule has 0 bridgehead atoms. The zero-order valence-electron chi connectivity index (χ0n) is 23.1. The summed E-state index contributed by atoms with van der Waals surface area (Å²) in [6.07, 6.45) is 2.86. The summed E-state index contributed by atoms with van der Waals surface area (Å²) in [5.41, 5.74) is -0.489. The van der Waals surface area contributed by atoms with Gasteiger partial charge in [0.1, 0.15) is 12.6 Å². The van der Waals surface area contributed by atoms with Crippen molar-refractivity contribution in [1.29, 1.82) is 0 Å². The molecular weight excluding hydrogens is 450 g/mol. The minimum Gasteiger partial charge on any atom is -0.480 e. The summed E-state index contributed by atoms with van der Waals surface area (Å²) >= 11 is 0. The monoisotopic (exact) mass is 497 g/mol. The number of likely N-dealkylation sites (tertiary alicyclic amines) is 1. The highest BCUT2D eigenvalue weighted by molar-refractivity contribution is 5.90. The summed E-state index contributed by atoms with van der Waals surface area (Å²) in [6, 6.07) is -1.12. The normalized spacial score (nSPS) is 18.8. The lowest BCUT2D eigenvalue weighted by Gasteiger charge is -2.40. The lowest BCUT2D eigenvalue weighted by molar-refractivity contribution is -0.144. The molecule has 0 aliphatic carbocycles. The molecule has 0 aromatic carbocycles. The van der Waals surface area contributed by atoms with E-state index in [1.165, 1.54) is 11.9 Å². The number of piperidine rings is 1. The molecule has 0 saturated carbocycles. The Morgan fingerprint density at radius 2 is 1.66 bits per heavy atom. The van der Waals surface area contributed by atoms with Crippen LogP contribution in [0, 0.1) is 11.3 Å². The maximum atomic E-state index is 13.7. The predicted octanol–water partition coefficient (Wildman–Crippen LogP) is 0.959. The Labute approximate surface area is 211 Å². The number of carbonyl (C=O) groups is 4. The number of hydrogen-bond donors (Lipinski definition) is 2. The number of carbonyl (C=O) groups excluding carboxylic acids is 3. The Bertz CT molecular complexity index is 751. The van der Waals surface area contributed by atoms with E-state index in [0.717, 1.165) is 25.8 Å². The number of carboxylic acid groups (broad SMARTS) is 1. The first kappa shape index (κ1) is 30.8. The van der Waals surface area contributed by atoms with Crippen molar-refractivity contribution in [3.05, 3.63) is 0 Å². The highest BCUT2D eigenvalue weighted by atomic mass is 16.4. The van der Waals surface area contributed by atoms with Crippen LogP contribution in [0.4, 0.5) is 0 Å². The summed E-state index contributed by atoms with van der Waals surface area (Å²) in [5.74, 6) is -1.55. The van der Waals surface area contributed by atoms with Crippen molar-refractivity contribution in [2.75, 3.05) is 54.4 Å². The molecule has 0 spiro atoms. The van der Waals surface area contributed by atoms with Gasteiger partial charge >= 0.3 is 5.97 Å². The molecule has 10 nitrogen and oxygen atoms in total. The fourth-order valence-electron chi connectivity index (χ4n) is 4.47. The van der Waals surface area contributed by atoms with Crippen LogP contribution in [-0.2, 0) is 19.2 Å². The molecule has 0 aromatic rings. The third-order valence-electron chi connectivity index (χ3n) is 6.79. The van der Waals surface area contributed by atoms with Crippen molar-refractivity contribution in [1.82, 2.24) is 24.9 Å². The van der Waals surface area contributed by atoms with Crippen LogP contribution in [0.15, 0.2) is 0 Å². The molecule has 0 aromatic heterocycles. The van der Waals surface area contributed by atoms with Gasteiger partial charge in [-0.3, -0.25) is 29.0 Å². The number of rotatable bonds is 11. The molecule has 1 fully saturated rings. The molecule has 1 rings (SSSR count). The van der Waals surface area contributed by atoms with Crippen LogP contribution in [0.5, 0.6) is 0 Å². The van der Waals surface area contributed by atoms with Gasteiger partial charge in [-0.25, -0.2) is 0 Å². The molecule has 1 saturated heterocycles. The van der Waals surface area contributed by atoms with Gasteiger partial charge in [-0.2, -0.15) is 0 Å². The Morgan fingerprint density at radius 3 is 2.14 bits per heavy atom. The van der Waals surface area contributed by atoms with Gasteiger partial charge in [0.15, 0.2) is 0 Å². The van der Waals surface area contributed by atoms with Gasteiger partial charge < -0.3 is 20.2 Å². The molecule has 1 unspecified atom stereocenters. The number of nitrogens with zero attached hydrogens (tertiary/aromatic N) is 4. The van der Waals surface area contributed by atoms with Gasteiger partial charge in [0, 0.05) is 26.7 Å². The van der Waals surface area contributed by atoms with Gasteiger partial charge in [-0.15, -0.1) is 0 Å². The maximum absolute atomic E-state index is 13.7. The van der Waals surface area contributed by atoms with E-state index in [1.54, 1.807) is 23.9 Å². The summed E-state index contributed by atoms with van der Waals surface area (Å²) < 4.78 is 0. The van der Waals surface area contributed by atoms with Crippen LogP contribution >= 0.6 is 0 Å². The van der Waals surface area contributed by atoms with E-state index in [4.69, 9.17) is 5.11 Å². The molecular formula is C25H47N5O5. The van der Waals surface area contributed by atoms with Crippen LogP contribution in [0.25, 0.3) is 0 Å². The fourth-order valence-corrected chi connectivity index (χ4v) is 4.47. The predicted molar refractivity (Wildman–Crippen MR) is 136 cm³/mol. The molecule has 2 N–H and O–H groups in total. The first-order valence-corrected chi connectivity index (χ1v) is 12.5. The lowest BCUT2D eigenvalue weighted by atomic mass is 9.84. The van der Waals surface area contributed by atoms with E-state index in [0.29, 0.717) is 6.54 Å². The van der Waals surface area contributed by atoms with E-state index in [9.17, 15) is 19.2 Å². The second-order valence-electron chi connectivity index (χ2n) is 11.4. The Morgan fingerprint density at radius 1 is 1.06 bits per heavy atom. The van der Waals surface area contributed by atoms with Gasteiger partial charge in [0.25, 0.3) is 0 Å². The highest BCUT2D eigenvalue weighted by Gasteiger charge is 2.39. The third kappa shape index (κ3) is 9.40. The second kappa shape index (κ2) is 13.2. The summed E-state index contributed by atoms with van der Waals surface area (Å²) in [7, 11) is 6.93. The van der Waals surface area contributed by atoms with Crippen molar-refractivity contribution in [3.63, 3.8) is 0 Å². The SMILES string of the molecule is CC(C)[C@@H](CN(C)CC(=O)N(C)CC(=O)O)N(C)C(=O)[C@@H](NC(=O)C1CCCCN1C)C(C)(C)C. The van der Waals surface area contributed by atoms with E-state index in [2.05, 4.69) is 10.2 Å². The van der Waals surface area contributed by atoms with Crippen LogP contribution in [0.3, 0.4) is 0 Å². The first-order valence-electron chi connectivity index (χ1n) is 12.5. The topological polar surface area (TPSA) is 113 Å². The second-order valence-corrected chi connectivity index (χ2v) is 11.4. The molecule has 1 aliphatic heterocycles. The van der Waals surface area contributed by atoms with Crippen LogP contribution in [-0.4, -0.2) is 121 Å². The lowest BCUT2D eigenvalue weighted by Crippen LogP contribution is -2.60. The number of likely N-dealkylation sites (N-methyl/N-ethyl adjacent to an activating group) is 4. The minimum absolute atomic E-state index is 0.0441. The number of aliphatic carboxylic acids is 1. The van der Waals surface area contributed by atoms with E-state index in [1.807, 2.05) is 41.7 Å². The van der Waals surface area contributed by atoms with E-state index in [-0.39, 0.29) is 48.8 Å². The molecule has 35 heavy (non-hydrogen) atoms. The zero-order chi connectivity index (χ0) is 27.1. The molecule has 3 amide bonds. The first-order chi connectivity index (χ1) is 16.1. The van der Waals surface area contributed by atoms with Gasteiger partial charge in [0.2, 0.25) is 17.7 Å². The van der Waals surface area contributed by atoms with E-state index >= 15 is 0 Å². The van der Waals surface area contributed by atoms with Crippen LogP contribution in [0.2, 0.25) is 0 Å². The smallest absolute Gasteiger partial charge is 0.323 e. The highest BCUT2D eigenvalue weighted by Crippen LogP contribution is 2.24. The number of nitrogens with one attached hydrogen (secondary N) is 1. The van der Waals surface area contributed by atoms with Gasteiger partial charge in [-0.1, -0.05) is 41.0 Å². The Balaban J connectivity index is 2.95. The average molecular weight is 498 g/mol. The molecule has 3 atom stereocenters. The van der Waals surface area contributed by atoms with Crippen molar-refractivity contribution in [2.24, 2.45) is 11.3 Å². The molecule has 10 heteroatoms. The molecule has 202 valence electrons. The Hall–Kier alpha value is -2.20. The Kier molecular flexibility index (Phi) is 11.6. The van der Waals surface area contributed by atoms with Crippen molar-refractivity contribution >= 4 is 23.7 Å². The van der Waals surface area contributed by atoms with E-state index < -0.39 is 17.4 Å². The number of amides is 3. The third-order valence-corrected chi connectivity index (χ3v) is 6.79. The minimum atomic E-state index is -1.07. The summed E-state index contributed by atoms with van der Waals surface area (Å²) in [6.45, 7) is 10.9. The quantitative estimate of drug-likeness (QED) is 0.437. The molecule has 0 radical (unpaired) electrons. The standard InChI is InChI=1S/C25H47N5O5/c1-17(2)19(14-27(6)15-20(31)29(8)16-21(32)33)30(9)24(35)22(25(3,4)5)26-23(34)18-12-10-11-13-28(18)7/h17-19,22H,10-16H2,1-9H3,(H,26,34)(H,32,33)/t18?,19-,22-/m1/s1. The van der Waals surface area contributed by atoms with Crippen LogP contribution in [0.1, 0.15) is 53.9 Å². The van der Waals surface area contributed by atoms with Gasteiger partial charge in [-0.05, 0) is 44.8 Å². The summed E-state index contributed by atoms with van der Waals surface area (Å²) in [5, 5.41) is 12.0. The van der Waals surface area contributed by atoms with Crippen molar-refractivity contribution in [3.8, 4) is 0 Å². The number of carboxylic acids is 1. The molecule has 1 heterocycles. The fraction of sp³-hybridized carbons (Fsp3) is 0.840. The van der Waals surface area contributed by atoms with Gasteiger partial charge in [0.05, 0.1) is 12.6 Å². The van der Waals surface area contributed by atoms with Crippen LogP contribution < -0.4 is 5.32 Å². The maximum Gasteiger partial charge on any atom is 0.323 e. The number of hydrogen-bond acceptors (Lipinski definition) is 6. The largest absolute Gasteiger partial charge is 0.480 e. The van der Waals surface area contributed by atoms with Crippen molar-refractivity contribution in [2.45, 2.75) is 72.0 Å². The zero-order valence-corrected chi connectivity index (χ0v) is 23.1. The molecule has 1 aliphatic rings.